The molecular formula is C10H15F5O2S. The van der Waals surface area contributed by atoms with Gasteiger partial charge in [0, 0.05) is 12.2 Å². The summed E-state index contributed by atoms with van der Waals surface area (Å²) in [6.45, 7) is 4.75. The average molecular weight is 294 g/mol. The molecule has 0 aromatic carbocycles. The summed E-state index contributed by atoms with van der Waals surface area (Å²) in [5.74, 6) is -6.57. The molecule has 0 spiro atoms. The van der Waals surface area contributed by atoms with E-state index in [1.807, 2.05) is 0 Å². The fourth-order valence-corrected chi connectivity index (χ4v) is 2.39. The molecule has 0 bridgehead atoms. The number of rotatable bonds is 5. The number of carbonyl (C=O) groups is 1. The lowest BCUT2D eigenvalue weighted by atomic mass is 9.92. The molecule has 1 atom stereocenters. The van der Waals surface area contributed by atoms with E-state index in [0.29, 0.717) is 11.8 Å². The molecule has 0 aliphatic carbocycles. The van der Waals surface area contributed by atoms with Crippen LogP contribution in [0.2, 0.25) is 0 Å². The molecule has 0 radical (unpaired) electrons. The molecule has 0 aliphatic heterocycles. The van der Waals surface area contributed by atoms with Gasteiger partial charge in [0.1, 0.15) is 5.25 Å². The van der Waals surface area contributed by atoms with Crippen molar-refractivity contribution in [1.82, 2.24) is 0 Å². The van der Waals surface area contributed by atoms with E-state index in [1.165, 1.54) is 0 Å². The van der Waals surface area contributed by atoms with Gasteiger partial charge in [-0.05, 0) is 5.41 Å². The van der Waals surface area contributed by atoms with Crippen LogP contribution >= 0.6 is 11.8 Å². The quantitative estimate of drug-likeness (QED) is 0.783. The summed E-state index contributed by atoms with van der Waals surface area (Å²) >= 11 is 0.600. The second-order valence-electron chi connectivity index (χ2n) is 4.91. The van der Waals surface area contributed by atoms with Gasteiger partial charge in [-0.3, -0.25) is 4.79 Å². The van der Waals surface area contributed by atoms with Crippen molar-refractivity contribution in [3.05, 3.63) is 0 Å². The summed E-state index contributed by atoms with van der Waals surface area (Å²) < 4.78 is 60.8. The predicted octanol–water partition coefficient (Wildman–Crippen LogP) is 3.81. The first-order valence-electron chi connectivity index (χ1n) is 5.08. The monoisotopic (exact) mass is 294 g/mol. The number of halogens is 5. The average Bonchev–Trinajstić information content (AvgIpc) is 2.07. The number of carboxylic acids is 1. The molecule has 8 heteroatoms. The van der Waals surface area contributed by atoms with E-state index in [0.717, 1.165) is 0 Å². The summed E-state index contributed by atoms with van der Waals surface area (Å²) in [4.78, 5) is 10.9. The molecule has 108 valence electrons. The minimum absolute atomic E-state index is 0.569. The van der Waals surface area contributed by atoms with Crippen molar-refractivity contribution in [3.63, 3.8) is 0 Å². The molecule has 2 nitrogen and oxygen atoms in total. The molecule has 0 heterocycles. The van der Waals surface area contributed by atoms with Crippen LogP contribution in [0.1, 0.15) is 27.2 Å². The molecule has 0 amide bonds. The predicted molar refractivity (Wildman–Crippen MR) is 59.0 cm³/mol. The standard InChI is InChI=1S/C10H15F5O2S/c1-8(2,3)6(7(16)17)18-5-4-9(11,12)10(13,14)15/h6H,4-5H2,1-3H3,(H,16,17). The summed E-state index contributed by atoms with van der Waals surface area (Å²) in [6.07, 6.45) is -7.00. The van der Waals surface area contributed by atoms with Gasteiger partial charge in [0.15, 0.2) is 0 Å². The third-order valence-electron chi connectivity index (χ3n) is 2.13. The Balaban J connectivity index is 4.46. The van der Waals surface area contributed by atoms with Gasteiger partial charge in [-0.2, -0.15) is 22.0 Å². The van der Waals surface area contributed by atoms with E-state index in [4.69, 9.17) is 5.11 Å². The highest BCUT2D eigenvalue weighted by Gasteiger charge is 2.56. The summed E-state index contributed by atoms with van der Waals surface area (Å²) in [5.41, 5.74) is -0.718. The molecule has 0 fully saturated rings. The van der Waals surface area contributed by atoms with E-state index in [2.05, 4.69) is 0 Å². The Morgan fingerprint density at radius 1 is 1.17 bits per heavy atom. The fourth-order valence-electron chi connectivity index (χ4n) is 1.14. The minimum Gasteiger partial charge on any atom is -0.480 e. The summed E-state index contributed by atoms with van der Waals surface area (Å²) in [7, 11) is 0. The van der Waals surface area contributed by atoms with Crippen LogP contribution in [-0.2, 0) is 4.79 Å². The van der Waals surface area contributed by atoms with Crippen LogP contribution in [0, 0.1) is 5.41 Å². The first kappa shape index (κ1) is 17.5. The van der Waals surface area contributed by atoms with E-state index in [9.17, 15) is 26.7 Å². The second kappa shape index (κ2) is 5.63. The second-order valence-corrected chi connectivity index (χ2v) is 6.12. The van der Waals surface area contributed by atoms with Crippen LogP contribution in [0.3, 0.4) is 0 Å². The molecule has 0 aliphatic rings. The molecule has 0 saturated heterocycles. The highest BCUT2D eigenvalue weighted by Crippen LogP contribution is 2.40. The van der Waals surface area contributed by atoms with E-state index < -0.39 is 40.9 Å². The smallest absolute Gasteiger partial charge is 0.453 e. The fraction of sp³-hybridized carbons (Fsp3) is 0.900. The summed E-state index contributed by atoms with van der Waals surface area (Å²) in [6, 6.07) is 0. The lowest BCUT2D eigenvalue weighted by Gasteiger charge is -2.27. The largest absolute Gasteiger partial charge is 0.480 e. The van der Waals surface area contributed by atoms with Crippen molar-refractivity contribution in [2.24, 2.45) is 5.41 Å². The Morgan fingerprint density at radius 3 is 1.89 bits per heavy atom. The summed E-state index contributed by atoms with van der Waals surface area (Å²) in [5, 5.41) is 7.84. The Labute approximate surface area is 106 Å². The Bertz CT molecular complexity index is 296. The zero-order valence-electron chi connectivity index (χ0n) is 10.1. The molecule has 0 aromatic rings. The van der Waals surface area contributed by atoms with E-state index >= 15 is 0 Å². The highest BCUT2D eigenvalue weighted by atomic mass is 32.2. The number of thioether (sulfide) groups is 1. The molecule has 1 N–H and O–H groups in total. The number of alkyl halides is 5. The third-order valence-corrected chi connectivity index (χ3v) is 3.81. The zero-order valence-corrected chi connectivity index (χ0v) is 11.0. The zero-order chi connectivity index (χ0) is 14.8. The van der Waals surface area contributed by atoms with Crippen molar-refractivity contribution in [2.45, 2.75) is 44.5 Å². The van der Waals surface area contributed by atoms with Crippen LogP contribution in [-0.4, -0.2) is 34.2 Å². The van der Waals surface area contributed by atoms with Crippen LogP contribution in [0.25, 0.3) is 0 Å². The van der Waals surface area contributed by atoms with Gasteiger partial charge < -0.3 is 5.11 Å². The van der Waals surface area contributed by atoms with Crippen molar-refractivity contribution < 1.29 is 31.9 Å². The first-order chi connectivity index (χ1) is 7.79. The van der Waals surface area contributed by atoms with Crippen LogP contribution in [0.4, 0.5) is 22.0 Å². The minimum atomic E-state index is -5.59. The van der Waals surface area contributed by atoms with E-state index in [-0.39, 0.29) is 0 Å². The normalized spacial score (nSPS) is 15.6. The van der Waals surface area contributed by atoms with Gasteiger partial charge in [0.25, 0.3) is 0 Å². The number of carboxylic acid groups (broad SMARTS) is 1. The van der Waals surface area contributed by atoms with Crippen LogP contribution in [0.15, 0.2) is 0 Å². The van der Waals surface area contributed by atoms with Crippen LogP contribution in [0.5, 0.6) is 0 Å². The van der Waals surface area contributed by atoms with Crippen molar-refractivity contribution >= 4 is 17.7 Å². The number of hydrogen-bond acceptors (Lipinski definition) is 2. The van der Waals surface area contributed by atoms with Gasteiger partial charge in [-0.25, -0.2) is 0 Å². The van der Waals surface area contributed by atoms with E-state index in [1.54, 1.807) is 20.8 Å². The van der Waals surface area contributed by atoms with Gasteiger partial charge >= 0.3 is 18.1 Å². The SMILES string of the molecule is CC(C)(C)C(SCCC(F)(F)C(F)(F)F)C(=O)O. The van der Waals surface area contributed by atoms with Gasteiger partial charge in [-0.1, -0.05) is 20.8 Å². The first-order valence-corrected chi connectivity index (χ1v) is 6.13. The molecule has 0 rings (SSSR count). The highest BCUT2D eigenvalue weighted by molar-refractivity contribution is 8.00. The van der Waals surface area contributed by atoms with Gasteiger partial charge in [0.2, 0.25) is 0 Å². The lowest BCUT2D eigenvalue weighted by Crippen LogP contribution is -2.38. The number of hydrogen-bond donors (Lipinski definition) is 1. The maximum Gasteiger partial charge on any atom is 0.453 e. The van der Waals surface area contributed by atoms with Crippen molar-refractivity contribution in [2.75, 3.05) is 5.75 Å². The third kappa shape index (κ3) is 4.99. The molecule has 18 heavy (non-hydrogen) atoms. The van der Waals surface area contributed by atoms with Crippen LogP contribution < -0.4 is 0 Å². The topological polar surface area (TPSA) is 37.3 Å². The van der Waals surface area contributed by atoms with Crippen molar-refractivity contribution in [3.8, 4) is 0 Å². The Morgan fingerprint density at radius 2 is 1.61 bits per heavy atom. The molecular weight excluding hydrogens is 279 g/mol. The Kier molecular flexibility index (Phi) is 5.46. The maximum atomic E-state index is 12.6. The molecule has 0 saturated carbocycles. The maximum absolute atomic E-state index is 12.6. The lowest BCUT2D eigenvalue weighted by molar-refractivity contribution is -0.282. The van der Waals surface area contributed by atoms with Gasteiger partial charge in [0.05, 0.1) is 0 Å². The van der Waals surface area contributed by atoms with Gasteiger partial charge in [-0.15, -0.1) is 11.8 Å². The number of aliphatic carboxylic acids is 1. The van der Waals surface area contributed by atoms with Crippen molar-refractivity contribution in [1.29, 1.82) is 0 Å². The molecule has 1 unspecified atom stereocenters. The molecule has 0 aromatic heterocycles. The Hall–Kier alpha value is -0.530.